The van der Waals surface area contributed by atoms with E-state index in [0.717, 1.165) is 22.4 Å². The Morgan fingerprint density at radius 1 is 1.10 bits per heavy atom. The van der Waals surface area contributed by atoms with E-state index < -0.39 is 0 Å². The van der Waals surface area contributed by atoms with Gasteiger partial charge in [0.15, 0.2) is 0 Å². The zero-order valence-electron chi connectivity index (χ0n) is 16.8. The SMILES string of the molecule is C[N+](C)(C)CC[N-]c1cccc(OCc2nccn2Cc2cc(Cl)cc(Cl)c2)n1. The van der Waals surface area contributed by atoms with Crippen molar-refractivity contribution in [2.75, 3.05) is 34.2 Å². The van der Waals surface area contributed by atoms with E-state index in [1.54, 1.807) is 12.3 Å². The predicted molar refractivity (Wildman–Crippen MR) is 117 cm³/mol. The number of nitrogens with zero attached hydrogens (tertiary/aromatic N) is 5. The summed E-state index contributed by atoms with van der Waals surface area (Å²) in [4.78, 5) is 8.85. The van der Waals surface area contributed by atoms with Crippen molar-refractivity contribution in [3.8, 4) is 5.88 Å². The summed E-state index contributed by atoms with van der Waals surface area (Å²) < 4.78 is 8.71. The molecule has 0 aliphatic carbocycles. The molecular formula is C21H25Cl2N5O. The molecule has 0 aliphatic rings. The number of imidazole rings is 1. The van der Waals surface area contributed by atoms with E-state index in [0.29, 0.717) is 41.4 Å². The van der Waals surface area contributed by atoms with Gasteiger partial charge in [-0.25, -0.2) is 4.98 Å². The van der Waals surface area contributed by atoms with E-state index in [1.165, 1.54) is 0 Å². The van der Waals surface area contributed by atoms with Gasteiger partial charge >= 0.3 is 0 Å². The van der Waals surface area contributed by atoms with Crippen molar-refractivity contribution in [2.24, 2.45) is 0 Å². The summed E-state index contributed by atoms with van der Waals surface area (Å²) in [5.41, 5.74) is 0.998. The zero-order valence-corrected chi connectivity index (χ0v) is 18.4. The topological polar surface area (TPSA) is 54.0 Å². The molecule has 2 heterocycles. The second kappa shape index (κ2) is 9.48. The van der Waals surface area contributed by atoms with Crippen LogP contribution in [-0.2, 0) is 13.2 Å². The van der Waals surface area contributed by atoms with Crippen molar-refractivity contribution in [1.29, 1.82) is 0 Å². The summed E-state index contributed by atoms with van der Waals surface area (Å²) in [7, 11) is 6.42. The number of hydrogen-bond acceptors (Lipinski definition) is 3. The van der Waals surface area contributed by atoms with Crippen LogP contribution >= 0.6 is 23.2 Å². The summed E-state index contributed by atoms with van der Waals surface area (Å²) in [5, 5.41) is 5.76. The van der Waals surface area contributed by atoms with E-state index in [9.17, 15) is 0 Å². The number of hydrogen-bond donors (Lipinski definition) is 0. The van der Waals surface area contributed by atoms with E-state index >= 15 is 0 Å². The van der Waals surface area contributed by atoms with E-state index in [1.807, 2.05) is 41.1 Å². The van der Waals surface area contributed by atoms with Gasteiger partial charge in [-0.2, -0.15) is 0 Å². The highest BCUT2D eigenvalue weighted by molar-refractivity contribution is 6.34. The largest absolute Gasteiger partial charge is 0.489 e. The number of aromatic nitrogens is 3. The van der Waals surface area contributed by atoms with Gasteiger partial charge in [0, 0.05) is 29.0 Å². The summed E-state index contributed by atoms with van der Waals surface area (Å²) in [6, 6.07) is 11.1. The fraction of sp³-hybridized carbons (Fsp3) is 0.333. The van der Waals surface area contributed by atoms with E-state index in [2.05, 4.69) is 36.4 Å². The standard InChI is InChI=1S/C21H25Cl2N5O/c1-28(2,3)10-8-24-19-5-4-6-21(26-19)29-15-20-25-7-9-27(20)14-16-11-17(22)13-18(23)12-16/h4-7,9,11-13H,8,10,14-15H2,1-3H3. The van der Waals surface area contributed by atoms with Crippen LogP contribution in [0.5, 0.6) is 5.88 Å². The predicted octanol–water partition coefficient (Wildman–Crippen LogP) is 4.92. The first kappa shape index (κ1) is 21.4. The van der Waals surface area contributed by atoms with Crippen molar-refractivity contribution in [3.05, 3.63) is 75.5 Å². The van der Waals surface area contributed by atoms with Gasteiger partial charge in [-0.15, -0.1) is 0 Å². The minimum Gasteiger partial charge on any atom is -0.489 e. The lowest BCUT2D eigenvalue weighted by Crippen LogP contribution is -2.36. The third-order valence-electron chi connectivity index (χ3n) is 4.18. The Hall–Kier alpha value is -2.28. The third kappa shape index (κ3) is 6.92. The molecule has 29 heavy (non-hydrogen) atoms. The maximum atomic E-state index is 6.09. The highest BCUT2D eigenvalue weighted by atomic mass is 35.5. The van der Waals surface area contributed by atoms with Crippen LogP contribution in [0.4, 0.5) is 5.82 Å². The smallest absolute Gasteiger partial charge is 0.147 e. The molecule has 0 N–H and O–H groups in total. The van der Waals surface area contributed by atoms with E-state index in [4.69, 9.17) is 27.9 Å². The number of ether oxygens (including phenoxy) is 1. The van der Waals surface area contributed by atoms with Gasteiger partial charge in [0.05, 0.1) is 27.7 Å². The van der Waals surface area contributed by atoms with Crippen LogP contribution in [0.1, 0.15) is 11.4 Å². The van der Waals surface area contributed by atoms with Gasteiger partial charge in [-0.3, -0.25) is 0 Å². The van der Waals surface area contributed by atoms with Crippen molar-refractivity contribution in [3.63, 3.8) is 0 Å². The van der Waals surface area contributed by atoms with Crippen LogP contribution in [0.3, 0.4) is 0 Å². The van der Waals surface area contributed by atoms with Gasteiger partial charge in [0.25, 0.3) is 0 Å². The van der Waals surface area contributed by atoms with E-state index in [-0.39, 0.29) is 0 Å². The number of pyridine rings is 1. The Balaban J connectivity index is 1.59. The fourth-order valence-electron chi connectivity index (χ4n) is 2.70. The maximum Gasteiger partial charge on any atom is 0.147 e. The molecule has 0 spiro atoms. The number of likely N-dealkylation sites (N-methyl/N-ethyl adjacent to an activating group) is 1. The number of halogens is 2. The van der Waals surface area contributed by atoms with Gasteiger partial charge in [0.2, 0.25) is 0 Å². The molecule has 1 aromatic carbocycles. The summed E-state index contributed by atoms with van der Waals surface area (Å²) in [6.45, 7) is 2.56. The normalized spacial score (nSPS) is 11.5. The number of benzene rings is 1. The Morgan fingerprint density at radius 3 is 2.59 bits per heavy atom. The molecule has 0 saturated carbocycles. The molecular weight excluding hydrogens is 409 g/mol. The highest BCUT2D eigenvalue weighted by Gasteiger charge is 2.07. The minimum atomic E-state index is 0.302. The minimum absolute atomic E-state index is 0.302. The molecule has 0 bridgehead atoms. The first-order chi connectivity index (χ1) is 13.8. The Kier molecular flexibility index (Phi) is 7.00. The van der Waals surface area contributed by atoms with Crippen LogP contribution in [0.2, 0.25) is 10.0 Å². The average molecular weight is 434 g/mol. The summed E-state index contributed by atoms with van der Waals surface area (Å²) >= 11 is 12.2. The lowest BCUT2D eigenvalue weighted by atomic mass is 10.2. The fourth-order valence-corrected chi connectivity index (χ4v) is 3.27. The first-order valence-electron chi connectivity index (χ1n) is 9.31. The molecule has 154 valence electrons. The van der Waals surface area contributed by atoms with Gasteiger partial charge in [-0.1, -0.05) is 41.2 Å². The lowest BCUT2D eigenvalue weighted by Gasteiger charge is -2.26. The summed E-state index contributed by atoms with van der Waals surface area (Å²) in [6.07, 6.45) is 3.65. The van der Waals surface area contributed by atoms with Gasteiger partial charge in [0.1, 0.15) is 18.3 Å². The third-order valence-corrected chi connectivity index (χ3v) is 4.62. The average Bonchev–Trinajstić information content (AvgIpc) is 3.05. The molecule has 0 fully saturated rings. The lowest BCUT2D eigenvalue weighted by molar-refractivity contribution is -0.868. The molecule has 0 aliphatic heterocycles. The van der Waals surface area contributed by atoms with Crippen LogP contribution in [0.25, 0.3) is 5.32 Å². The molecule has 6 nitrogen and oxygen atoms in total. The van der Waals surface area contributed by atoms with Crippen LogP contribution in [0.15, 0.2) is 48.8 Å². The molecule has 3 aromatic rings. The Morgan fingerprint density at radius 2 is 1.86 bits per heavy atom. The van der Waals surface area contributed by atoms with Crippen molar-refractivity contribution in [1.82, 2.24) is 14.5 Å². The number of rotatable bonds is 9. The molecule has 8 heteroatoms. The first-order valence-corrected chi connectivity index (χ1v) is 10.1. The molecule has 0 saturated heterocycles. The quantitative estimate of drug-likeness (QED) is 0.449. The second-order valence-corrected chi connectivity index (χ2v) is 8.64. The summed E-state index contributed by atoms with van der Waals surface area (Å²) in [5.74, 6) is 1.99. The van der Waals surface area contributed by atoms with Crippen molar-refractivity contribution < 1.29 is 9.22 Å². The van der Waals surface area contributed by atoms with Crippen LogP contribution in [0, 0.1) is 0 Å². The van der Waals surface area contributed by atoms with Gasteiger partial charge < -0.3 is 24.1 Å². The Labute approximate surface area is 181 Å². The molecule has 2 aromatic heterocycles. The monoisotopic (exact) mass is 433 g/mol. The molecule has 0 radical (unpaired) electrons. The Bertz CT molecular complexity index is 932. The molecule has 0 unspecified atom stereocenters. The second-order valence-electron chi connectivity index (χ2n) is 7.77. The molecule has 0 amide bonds. The number of quaternary nitrogens is 1. The van der Waals surface area contributed by atoms with Gasteiger partial charge in [-0.05, 0) is 36.4 Å². The van der Waals surface area contributed by atoms with Crippen LogP contribution < -0.4 is 4.74 Å². The van der Waals surface area contributed by atoms with Crippen LogP contribution in [-0.4, -0.2) is 53.3 Å². The van der Waals surface area contributed by atoms with Crippen molar-refractivity contribution in [2.45, 2.75) is 13.2 Å². The molecule has 3 rings (SSSR count). The van der Waals surface area contributed by atoms with Crippen molar-refractivity contribution >= 4 is 29.0 Å². The zero-order chi connectivity index (χ0) is 20.9. The highest BCUT2D eigenvalue weighted by Crippen LogP contribution is 2.21. The maximum absolute atomic E-state index is 6.09. The molecule has 0 atom stereocenters.